The molecule has 1 amide bonds. The molecule has 21 heavy (non-hydrogen) atoms. The van der Waals surface area contributed by atoms with Crippen LogP contribution < -0.4 is 10.6 Å². The van der Waals surface area contributed by atoms with Crippen molar-refractivity contribution in [1.29, 1.82) is 0 Å². The molecule has 2 N–H and O–H groups in total. The molecule has 0 spiro atoms. The van der Waals surface area contributed by atoms with E-state index >= 15 is 0 Å². The van der Waals surface area contributed by atoms with Crippen LogP contribution in [0.3, 0.4) is 0 Å². The third-order valence-corrected chi connectivity index (χ3v) is 3.31. The number of amides is 1. The minimum atomic E-state index is -0.122. The number of carbonyl (C=O) groups excluding carboxylic acids is 1. The van der Waals surface area contributed by atoms with Gasteiger partial charge in [0.1, 0.15) is 5.82 Å². The topological polar surface area (TPSA) is 54.0 Å². The highest BCUT2D eigenvalue weighted by molar-refractivity contribution is 6.04. The van der Waals surface area contributed by atoms with Crippen molar-refractivity contribution in [2.75, 3.05) is 10.6 Å². The average molecular weight is 283 g/mol. The molecule has 0 saturated heterocycles. The van der Waals surface area contributed by atoms with Gasteiger partial charge in [-0.25, -0.2) is 4.98 Å². The lowest BCUT2D eigenvalue weighted by atomic mass is 10.1. The summed E-state index contributed by atoms with van der Waals surface area (Å²) in [5, 5.41) is 6.14. The molecular weight excluding hydrogens is 262 g/mol. The lowest BCUT2D eigenvalue weighted by Crippen LogP contribution is -2.15. The quantitative estimate of drug-likeness (QED) is 0.876. The van der Waals surface area contributed by atoms with Gasteiger partial charge in [-0.3, -0.25) is 4.79 Å². The largest absolute Gasteiger partial charge is 0.368 e. The third-order valence-electron chi connectivity index (χ3n) is 3.31. The summed E-state index contributed by atoms with van der Waals surface area (Å²) < 4.78 is 0. The summed E-state index contributed by atoms with van der Waals surface area (Å²) in [5.74, 6) is 0.695. The van der Waals surface area contributed by atoms with Crippen molar-refractivity contribution in [2.45, 2.75) is 33.2 Å². The normalized spacial score (nSPS) is 11.8. The van der Waals surface area contributed by atoms with E-state index in [2.05, 4.69) is 29.5 Å². The molecule has 0 saturated carbocycles. The average Bonchev–Trinajstić information content (AvgIpc) is 2.49. The van der Waals surface area contributed by atoms with Gasteiger partial charge in [0, 0.05) is 11.6 Å². The van der Waals surface area contributed by atoms with Gasteiger partial charge in [0.2, 0.25) is 0 Å². The van der Waals surface area contributed by atoms with Gasteiger partial charge in [0.05, 0.1) is 11.9 Å². The van der Waals surface area contributed by atoms with Gasteiger partial charge >= 0.3 is 0 Å². The maximum atomic E-state index is 12.1. The second-order valence-corrected chi connectivity index (χ2v) is 5.21. The smallest absolute Gasteiger partial charge is 0.255 e. The van der Waals surface area contributed by atoms with Crippen LogP contribution in [0.25, 0.3) is 0 Å². The molecule has 0 fully saturated rings. The lowest BCUT2D eigenvalue weighted by molar-refractivity contribution is 0.102. The van der Waals surface area contributed by atoms with Gasteiger partial charge in [-0.15, -0.1) is 0 Å². The Morgan fingerprint density at radius 3 is 2.71 bits per heavy atom. The van der Waals surface area contributed by atoms with Gasteiger partial charge in [-0.2, -0.15) is 0 Å². The summed E-state index contributed by atoms with van der Waals surface area (Å²) in [5.41, 5.74) is 2.40. The zero-order chi connectivity index (χ0) is 15.2. The first-order chi connectivity index (χ1) is 10.1. The number of pyridine rings is 1. The first-order valence-corrected chi connectivity index (χ1v) is 7.19. The van der Waals surface area contributed by atoms with Crippen LogP contribution in [0.5, 0.6) is 0 Å². The molecule has 1 heterocycles. The molecule has 1 aromatic heterocycles. The number of hydrogen-bond acceptors (Lipinski definition) is 3. The predicted molar refractivity (Wildman–Crippen MR) is 86.7 cm³/mol. The molecule has 0 aliphatic carbocycles. The molecule has 2 rings (SSSR count). The van der Waals surface area contributed by atoms with E-state index in [1.165, 1.54) is 0 Å². The molecule has 2 aromatic rings. The lowest BCUT2D eigenvalue weighted by Gasteiger charge is -2.12. The summed E-state index contributed by atoms with van der Waals surface area (Å²) >= 11 is 0. The standard InChI is InChI=1S/C17H21N3O/c1-4-13(3)19-16-9-8-15(11-18-16)20-17(21)14-7-5-6-12(2)10-14/h5-11,13H,4H2,1-3H3,(H,18,19)(H,20,21). The Balaban J connectivity index is 2.01. The fourth-order valence-corrected chi connectivity index (χ4v) is 1.90. The van der Waals surface area contributed by atoms with Gasteiger partial charge in [0.15, 0.2) is 0 Å². The van der Waals surface area contributed by atoms with Crippen LogP contribution in [0.4, 0.5) is 11.5 Å². The van der Waals surface area contributed by atoms with Crippen molar-refractivity contribution >= 4 is 17.4 Å². The van der Waals surface area contributed by atoms with E-state index in [1.54, 1.807) is 12.3 Å². The minimum absolute atomic E-state index is 0.122. The Kier molecular flexibility index (Phi) is 4.93. The Hall–Kier alpha value is -2.36. The number of rotatable bonds is 5. The second-order valence-electron chi connectivity index (χ2n) is 5.21. The van der Waals surface area contributed by atoms with Crippen LogP contribution in [-0.4, -0.2) is 16.9 Å². The van der Waals surface area contributed by atoms with Crippen LogP contribution in [0.1, 0.15) is 36.2 Å². The van der Waals surface area contributed by atoms with Crippen molar-refractivity contribution in [3.63, 3.8) is 0 Å². The molecule has 0 aliphatic heterocycles. The fourth-order valence-electron chi connectivity index (χ4n) is 1.90. The number of aromatic nitrogens is 1. The van der Waals surface area contributed by atoms with Crippen LogP contribution in [-0.2, 0) is 0 Å². The van der Waals surface area contributed by atoms with Crippen LogP contribution in [0.15, 0.2) is 42.6 Å². The number of hydrogen-bond donors (Lipinski definition) is 2. The number of nitrogens with one attached hydrogen (secondary N) is 2. The molecule has 0 aliphatic rings. The summed E-state index contributed by atoms with van der Waals surface area (Å²) in [6.45, 7) is 6.19. The minimum Gasteiger partial charge on any atom is -0.368 e. The Morgan fingerprint density at radius 1 is 1.29 bits per heavy atom. The van der Waals surface area contributed by atoms with E-state index in [9.17, 15) is 4.79 Å². The second kappa shape index (κ2) is 6.88. The van der Waals surface area contributed by atoms with Crippen molar-refractivity contribution < 1.29 is 4.79 Å². The number of benzene rings is 1. The summed E-state index contributed by atoms with van der Waals surface area (Å²) in [6.07, 6.45) is 2.70. The van der Waals surface area contributed by atoms with Gasteiger partial charge in [-0.1, -0.05) is 24.6 Å². The van der Waals surface area contributed by atoms with Crippen molar-refractivity contribution in [1.82, 2.24) is 4.98 Å². The number of nitrogens with zero attached hydrogens (tertiary/aromatic N) is 1. The summed E-state index contributed by atoms with van der Waals surface area (Å²) in [7, 11) is 0. The molecule has 4 nitrogen and oxygen atoms in total. The highest BCUT2D eigenvalue weighted by Crippen LogP contribution is 2.13. The number of anilines is 2. The molecule has 4 heteroatoms. The molecule has 1 unspecified atom stereocenters. The Bertz CT molecular complexity index is 608. The summed E-state index contributed by atoms with van der Waals surface area (Å²) in [4.78, 5) is 16.4. The van der Waals surface area contributed by atoms with E-state index < -0.39 is 0 Å². The molecular formula is C17H21N3O. The third kappa shape index (κ3) is 4.31. The first kappa shape index (κ1) is 15.0. The molecule has 1 aromatic carbocycles. The first-order valence-electron chi connectivity index (χ1n) is 7.19. The zero-order valence-electron chi connectivity index (χ0n) is 12.7. The Morgan fingerprint density at radius 2 is 2.10 bits per heavy atom. The monoisotopic (exact) mass is 283 g/mol. The van der Waals surface area contributed by atoms with E-state index in [1.807, 2.05) is 37.3 Å². The number of carbonyl (C=O) groups is 1. The van der Waals surface area contributed by atoms with Crippen LogP contribution in [0.2, 0.25) is 0 Å². The fraction of sp³-hybridized carbons (Fsp3) is 0.294. The SMILES string of the molecule is CCC(C)Nc1ccc(NC(=O)c2cccc(C)c2)cn1. The van der Waals surface area contributed by atoms with Crippen molar-refractivity contribution in [2.24, 2.45) is 0 Å². The van der Waals surface area contributed by atoms with Gasteiger partial charge < -0.3 is 10.6 Å². The maximum Gasteiger partial charge on any atom is 0.255 e. The van der Waals surface area contributed by atoms with E-state index in [0.29, 0.717) is 17.3 Å². The van der Waals surface area contributed by atoms with Crippen molar-refractivity contribution in [3.05, 3.63) is 53.7 Å². The highest BCUT2D eigenvalue weighted by Gasteiger charge is 2.06. The van der Waals surface area contributed by atoms with E-state index in [4.69, 9.17) is 0 Å². The van der Waals surface area contributed by atoms with Gasteiger partial charge in [0.25, 0.3) is 5.91 Å². The molecule has 1 atom stereocenters. The predicted octanol–water partition coefficient (Wildman–Crippen LogP) is 3.85. The molecule has 0 radical (unpaired) electrons. The molecule has 0 bridgehead atoms. The van der Waals surface area contributed by atoms with Crippen LogP contribution >= 0.6 is 0 Å². The van der Waals surface area contributed by atoms with E-state index in [-0.39, 0.29) is 5.91 Å². The summed E-state index contributed by atoms with van der Waals surface area (Å²) in [6, 6.07) is 11.6. The highest BCUT2D eigenvalue weighted by atomic mass is 16.1. The zero-order valence-corrected chi connectivity index (χ0v) is 12.7. The molecule has 110 valence electrons. The van der Waals surface area contributed by atoms with Crippen molar-refractivity contribution in [3.8, 4) is 0 Å². The van der Waals surface area contributed by atoms with Crippen LogP contribution in [0, 0.1) is 6.92 Å². The number of aryl methyl sites for hydroxylation is 1. The van der Waals surface area contributed by atoms with E-state index in [0.717, 1.165) is 17.8 Å². The Labute approximate surface area is 125 Å². The van der Waals surface area contributed by atoms with Gasteiger partial charge in [-0.05, 0) is 44.5 Å². The maximum absolute atomic E-state index is 12.1.